The normalized spacial score (nSPS) is 12.7. The maximum Gasteiger partial charge on any atom is 0.236 e. The molecular formula is C58H44N6OS. The Labute approximate surface area is 384 Å². The van der Waals surface area contributed by atoms with E-state index < -0.39 is 0 Å². The molecule has 0 aliphatic carbocycles. The molecule has 0 aliphatic rings. The van der Waals surface area contributed by atoms with Gasteiger partial charge in [0.2, 0.25) is 11.7 Å². The lowest BCUT2D eigenvalue weighted by molar-refractivity contribution is 0.509. The summed E-state index contributed by atoms with van der Waals surface area (Å²) in [4.78, 5) is 22.3. The minimum absolute atomic E-state index is 0.233. The SMILES string of the molecule is CC(C)(C)c1nc(-c2ccc3c4ccccc4n(-c4ccc(CC(C)(C)c5nc(-n6c7ccccc7c7ccccc76)nc6sc7ccccc7c56)cc4)c3c2)nc2oc3ccccc3c12. The van der Waals surface area contributed by atoms with Crippen LogP contribution < -0.4 is 0 Å². The van der Waals surface area contributed by atoms with Gasteiger partial charge in [0.25, 0.3) is 0 Å². The summed E-state index contributed by atoms with van der Waals surface area (Å²) in [5.41, 5.74) is 10.6. The molecule has 318 valence electrons. The predicted octanol–water partition coefficient (Wildman–Crippen LogP) is 15.2. The van der Waals surface area contributed by atoms with Crippen molar-refractivity contribution in [1.29, 1.82) is 0 Å². The molecule has 6 aromatic heterocycles. The molecule has 0 bridgehead atoms. The fraction of sp³-hybridized carbons (Fsp3) is 0.138. The molecule has 0 amide bonds. The molecule has 0 aliphatic heterocycles. The van der Waals surface area contributed by atoms with Gasteiger partial charge in [-0.2, -0.15) is 4.98 Å². The largest absolute Gasteiger partial charge is 0.438 e. The molecule has 66 heavy (non-hydrogen) atoms. The molecular weight excluding hydrogens is 829 g/mol. The molecule has 0 atom stereocenters. The summed E-state index contributed by atoms with van der Waals surface area (Å²) < 4.78 is 12.2. The van der Waals surface area contributed by atoms with E-state index in [1.54, 1.807) is 11.3 Å². The van der Waals surface area contributed by atoms with Gasteiger partial charge in [-0.05, 0) is 60.5 Å². The van der Waals surface area contributed by atoms with Crippen molar-refractivity contribution in [2.24, 2.45) is 0 Å². The van der Waals surface area contributed by atoms with Gasteiger partial charge in [0.1, 0.15) is 10.4 Å². The van der Waals surface area contributed by atoms with Crippen molar-refractivity contribution in [3.63, 3.8) is 0 Å². The first kappa shape index (κ1) is 38.8. The Bertz CT molecular complexity index is 4050. The van der Waals surface area contributed by atoms with E-state index in [9.17, 15) is 0 Å². The zero-order valence-electron chi connectivity index (χ0n) is 37.3. The average molecular weight is 873 g/mol. The van der Waals surface area contributed by atoms with Crippen molar-refractivity contribution in [3.05, 3.63) is 181 Å². The van der Waals surface area contributed by atoms with E-state index in [-0.39, 0.29) is 10.8 Å². The van der Waals surface area contributed by atoms with Gasteiger partial charge in [0.15, 0.2) is 5.82 Å². The molecule has 0 unspecified atom stereocenters. The lowest BCUT2D eigenvalue weighted by atomic mass is 9.81. The van der Waals surface area contributed by atoms with E-state index in [0.29, 0.717) is 17.5 Å². The van der Waals surface area contributed by atoms with E-state index in [1.165, 1.54) is 37.2 Å². The molecule has 7 aromatic carbocycles. The number of fused-ring (bicyclic) bond motifs is 12. The van der Waals surface area contributed by atoms with Crippen molar-refractivity contribution >= 4 is 97.3 Å². The zero-order valence-corrected chi connectivity index (χ0v) is 38.1. The quantitative estimate of drug-likeness (QED) is 0.166. The van der Waals surface area contributed by atoms with E-state index >= 15 is 0 Å². The third kappa shape index (κ3) is 5.87. The Balaban J connectivity index is 0.920. The Morgan fingerprint density at radius 1 is 0.500 bits per heavy atom. The van der Waals surface area contributed by atoms with Crippen LogP contribution in [0, 0.1) is 0 Å². The number of nitrogens with zero attached hydrogens (tertiary/aromatic N) is 6. The summed E-state index contributed by atoms with van der Waals surface area (Å²) in [7, 11) is 0. The van der Waals surface area contributed by atoms with Crippen molar-refractivity contribution in [2.45, 2.75) is 51.9 Å². The molecule has 0 radical (unpaired) electrons. The Morgan fingerprint density at radius 2 is 1.09 bits per heavy atom. The average Bonchev–Trinajstić information content (AvgIpc) is 4.08. The molecule has 0 saturated carbocycles. The summed E-state index contributed by atoms with van der Waals surface area (Å²) in [5.74, 6) is 1.36. The maximum atomic E-state index is 6.38. The number of aromatic nitrogens is 6. The topological polar surface area (TPSA) is 74.6 Å². The fourth-order valence-electron chi connectivity index (χ4n) is 10.4. The van der Waals surface area contributed by atoms with Crippen LogP contribution in [0.3, 0.4) is 0 Å². The van der Waals surface area contributed by atoms with Crippen LogP contribution in [0.4, 0.5) is 0 Å². The maximum absolute atomic E-state index is 6.38. The van der Waals surface area contributed by atoms with Gasteiger partial charge in [-0.25, -0.2) is 15.0 Å². The first-order valence-corrected chi connectivity index (χ1v) is 23.4. The minimum Gasteiger partial charge on any atom is -0.438 e. The highest BCUT2D eigenvalue weighted by atomic mass is 32.1. The van der Waals surface area contributed by atoms with Gasteiger partial charge in [0, 0.05) is 64.5 Å². The Hall–Kier alpha value is -7.68. The first-order valence-electron chi connectivity index (χ1n) is 22.6. The third-order valence-electron chi connectivity index (χ3n) is 13.4. The zero-order chi connectivity index (χ0) is 44.5. The highest BCUT2D eigenvalue weighted by Gasteiger charge is 2.30. The molecule has 0 N–H and O–H groups in total. The third-order valence-corrected chi connectivity index (χ3v) is 14.4. The summed E-state index contributed by atoms with van der Waals surface area (Å²) >= 11 is 1.75. The predicted molar refractivity (Wildman–Crippen MR) is 274 cm³/mol. The summed E-state index contributed by atoms with van der Waals surface area (Å²) in [5, 5.41) is 9.13. The fourth-order valence-corrected chi connectivity index (χ4v) is 11.5. The second-order valence-electron chi connectivity index (χ2n) is 19.3. The van der Waals surface area contributed by atoms with Crippen LogP contribution in [0.5, 0.6) is 0 Å². The Kier molecular flexibility index (Phi) is 8.31. The van der Waals surface area contributed by atoms with Crippen LogP contribution in [0.15, 0.2) is 168 Å². The second-order valence-corrected chi connectivity index (χ2v) is 20.3. The molecule has 0 spiro atoms. The molecule has 6 heterocycles. The molecule has 7 nitrogen and oxygen atoms in total. The highest BCUT2D eigenvalue weighted by molar-refractivity contribution is 7.25. The van der Waals surface area contributed by atoms with E-state index in [4.69, 9.17) is 24.4 Å². The van der Waals surface area contributed by atoms with Crippen molar-refractivity contribution in [2.75, 3.05) is 0 Å². The van der Waals surface area contributed by atoms with Gasteiger partial charge in [-0.3, -0.25) is 4.57 Å². The van der Waals surface area contributed by atoms with Gasteiger partial charge >= 0.3 is 0 Å². The van der Waals surface area contributed by atoms with Gasteiger partial charge in [0.05, 0.1) is 38.8 Å². The minimum atomic E-state index is -0.353. The van der Waals surface area contributed by atoms with Gasteiger partial charge in [-0.1, -0.05) is 150 Å². The smallest absolute Gasteiger partial charge is 0.236 e. The lowest BCUT2D eigenvalue weighted by Gasteiger charge is -2.26. The summed E-state index contributed by atoms with van der Waals surface area (Å²) in [6, 6.07) is 58.3. The van der Waals surface area contributed by atoms with Crippen LogP contribution >= 0.6 is 11.3 Å². The molecule has 0 fully saturated rings. The van der Waals surface area contributed by atoms with E-state index in [1.807, 2.05) is 18.2 Å². The number of benzene rings is 7. The van der Waals surface area contributed by atoms with Crippen LogP contribution in [0.2, 0.25) is 0 Å². The lowest BCUT2D eigenvalue weighted by Crippen LogP contribution is -2.24. The Morgan fingerprint density at radius 3 is 1.77 bits per heavy atom. The number of thiophene rings is 1. The van der Waals surface area contributed by atoms with Crippen molar-refractivity contribution in [3.8, 4) is 23.0 Å². The monoisotopic (exact) mass is 872 g/mol. The number of furan rings is 1. The second kappa shape index (κ2) is 14.2. The number of hydrogen-bond acceptors (Lipinski definition) is 6. The van der Waals surface area contributed by atoms with Crippen molar-refractivity contribution < 1.29 is 4.42 Å². The van der Waals surface area contributed by atoms with Crippen LogP contribution in [-0.2, 0) is 17.3 Å². The number of para-hydroxylation sites is 4. The first-order chi connectivity index (χ1) is 32.1. The van der Waals surface area contributed by atoms with Crippen molar-refractivity contribution in [1.82, 2.24) is 29.1 Å². The molecule has 0 saturated heterocycles. The molecule has 8 heteroatoms. The van der Waals surface area contributed by atoms with Gasteiger partial charge in [-0.15, -0.1) is 11.3 Å². The highest BCUT2D eigenvalue weighted by Crippen LogP contribution is 2.43. The van der Waals surface area contributed by atoms with E-state index in [2.05, 4.69) is 189 Å². The van der Waals surface area contributed by atoms with Crippen LogP contribution in [0.25, 0.3) is 109 Å². The van der Waals surface area contributed by atoms with Crippen LogP contribution in [-0.4, -0.2) is 29.1 Å². The van der Waals surface area contributed by atoms with Crippen LogP contribution in [0.1, 0.15) is 51.6 Å². The van der Waals surface area contributed by atoms with Gasteiger partial charge < -0.3 is 8.98 Å². The molecule has 13 rings (SSSR count). The number of hydrogen-bond donors (Lipinski definition) is 0. The summed E-state index contributed by atoms with van der Waals surface area (Å²) in [6.45, 7) is 11.3. The number of rotatable bonds is 6. The summed E-state index contributed by atoms with van der Waals surface area (Å²) in [6.07, 6.45) is 0.783. The van der Waals surface area contributed by atoms with E-state index in [0.717, 1.165) is 77.7 Å². The standard InChI is InChI=1S/C58H44N6OS/c1-57(2,3)51-49-41-19-9-14-24-47(41)65-54(49)61-53(59-51)35-28-31-40-39-18-6-11-21-43(39)63(46(40)32-35)36-29-26-34(27-30-36)33-58(4,5)52-50-42-20-10-15-25-48(42)66-55(50)62-56(60-52)64-44-22-12-7-16-37(44)38-17-8-13-23-45(38)64/h6-32H,33H2,1-5H3. The molecule has 13 aromatic rings.